The van der Waals surface area contributed by atoms with Gasteiger partial charge in [-0.3, -0.25) is 0 Å². The van der Waals surface area contributed by atoms with Crippen LogP contribution in [0.5, 0.6) is 0 Å². The molecule has 0 aliphatic heterocycles. The van der Waals surface area contributed by atoms with Gasteiger partial charge in [-0.1, -0.05) is 439 Å². The summed E-state index contributed by atoms with van der Waals surface area (Å²) >= 11 is 0. The Morgan fingerprint density at radius 2 is 0.262 bits per heavy atom. The second kappa shape index (κ2) is 65.7. The number of aliphatic hydroxyl groups is 6. The summed E-state index contributed by atoms with van der Waals surface area (Å²) in [5, 5.41) is 72.3. The van der Waals surface area contributed by atoms with Crippen molar-refractivity contribution in [2.24, 2.45) is 0 Å². The minimum absolute atomic E-state index is 0.355. The van der Waals surface area contributed by atoms with Crippen LogP contribution in [0.3, 0.4) is 0 Å². The van der Waals surface area contributed by atoms with E-state index >= 15 is 0 Å². The van der Waals surface area contributed by atoms with E-state index in [0.717, 1.165) is 77.0 Å². The van der Waals surface area contributed by atoms with Crippen LogP contribution >= 0.6 is 0 Å². The van der Waals surface area contributed by atoms with Gasteiger partial charge in [0.15, 0.2) is 0 Å². The lowest BCUT2D eigenvalue weighted by Gasteiger charge is -2.42. The van der Waals surface area contributed by atoms with E-state index in [1.807, 2.05) is 0 Å². The Labute approximate surface area is 528 Å². The number of aliphatic hydroxyl groups excluding tert-OH is 4. The van der Waals surface area contributed by atoms with Crippen molar-refractivity contribution in [3.05, 3.63) is 0 Å². The average Bonchev–Trinajstić information content (AvgIpc) is 3.54. The smallest absolute Gasteiger partial charge is 0.111 e. The molecule has 6 heteroatoms. The third kappa shape index (κ3) is 53.6. The Balaban J connectivity index is 5.42. The number of rotatable bonds is 73. The van der Waals surface area contributed by atoms with Crippen LogP contribution in [0.15, 0.2) is 0 Å². The minimum Gasteiger partial charge on any atom is -0.387 e. The van der Waals surface area contributed by atoms with Crippen molar-refractivity contribution in [1.29, 1.82) is 0 Å². The largest absolute Gasteiger partial charge is 0.387 e. The fourth-order valence-corrected chi connectivity index (χ4v) is 13.8. The van der Waals surface area contributed by atoms with Crippen molar-refractivity contribution in [3.8, 4) is 0 Å². The first-order valence-electron chi connectivity index (χ1n) is 39.3. The second-order valence-corrected chi connectivity index (χ2v) is 28.3. The molecular formula is C78H158O6. The molecule has 0 radical (unpaired) electrons. The highest BCUT2D eigenvalue weighted by molar-refractivity contribution is 4.99. The monoisotopic (exact) mass is 1190 g/mol. The first kappa shape index (κ1) is 83.8. The van der Waals surface area contributed by atoms with E-state index in [1.54, 1.807) is 0 Å². The van der Waals surface area contributed by atoms with Crippen LogP contribution in [0, 0.1) is 0 Å². The summed E-state index contributed by atoms with van der Waals surface area (Å²) in [7, 11) is 0. The van der Waals surface area contributed by atoms with E-state index < -0.39 is 35.6 Å². The summed E-state index contributed by atoms with van der Waals surface area (Å²) in [6, 6.07) is 0. The third-order valence-electron chi connectivity index (χ3n) is 20.0. The third-order valence-corrected chi connectivity index (χ3v) is 20.0. The summed E-state index contributed by atoms with van der Waals surface area (Å²) < 4.78 is 0. The average molecular weight is 1190 g/mol. The summed E-state index contributed by atoms with van der Waals surface area (Å²) in [5.74, 6) is 0. The van der Waals surface area contributed by atoms with Gasteiger partial charge in [-0.05, 0) is 25.7 Å². The molecule has 0 saturated heterocycles. The molecule has 0 aromatic heterocycles. The van der Waals surface area contributed by atoms with Gasteiger partial charge in [-0.15, -0.1) is 0 Å². The molecule has 6 nitrogen and oxygen atoms in total. The molecule has 0 saturated carbocycles. The van der Waals surface area contributed by atoms with Gasteiger partial charge < -0.3 is 30.6 Å². The maximum atomic E-state index is 12.4. The van der Waals surface area contributed by atoms with Crippen LogP contribution in [0.1, 0.15) is 464 Å². The van der Waals surface area contributed by atoms with E-state index in [1.165, 1.54) is 334 Å². The molecule has 0 rings (SSSR count). The Morgan fingerprint density at radius 1 is 0.167 bits per heavy atom. The van der Waals surface area contributed by atoms with Gasteiger partial charge in [0.1, 0.15) is 24.4 Å². The van der Waals surface area contributed by atoms with Crippen molar-refractivity contribution in [2.75, 3.05) is 0 Å². The summed E-state index contributed by atoms with van der Waals surface area (Å²) in [5.41, 5.74) is -3.15. The Morgan fingerprint density at radius 3 is 0.369 bits per heavy atom. The molecule has 0 aromatic rings. The van der Waals surface area contributed by atoms with E-state index in [4.69, 9.17) is 0 Å². The zero-order valence-corrected chi connectivity index (χ0v) is 58.1. The molecule has 0 fully saturated rings. The fraction of sp³-hybridized carbons (Fsp3) is 1.00. The first-order valence-corrected chi connectivity index (χ1v) is 39.3. The standard InChI is InChI=1S/C78H158O6/c1-5-9-13-17-21-25-29-33-37-41-45-49-53-57-61-65-69-77(83,70-66-62-58-54-50-46-42-38-34-30-26-22-18-14-10-6-2)75(81)73(79)74(80)76(82)78(84,71-67-63-59-55-51-47-43-39-35-31-27-23-19-15-11-7-3)72-68-64-60-56-52-48-44-40-36-32-28-24-20-16-12-8-4/h73-76,79-84H,5-72H2,1-4H3/t73-,74-,75-,76+/m0/s1. The maximum absolute atomic E-state index is 12.4. The topological polar surface area (TPSA) is 121 Å². The molecule has 506 valence electrons. The molecule has 0 aromatic carbocycles. The second-order valence-electron chi connectivity index (χ2n) is 28.3. The molecule has 0 bridgehead atoms. The van der Waals surface area contributed by atoms with Crippen LogP contribution < -0.4 is 0 Å². The van der Waals surface area contributed by atoms with Crippen LogP contribution in [0.2, 0.25) is 0 Å². The molecule has 0 amide bonds. The van der Waals surface area contributed by atoms with Crippen LogP contribution in [-0.4, -0.2) is 66.3 Å². The van der Waals surface area contributed by atoms with Crippen LogP contribution in [0.4, 0.5) is 0 Å². The number of hydrogen-bond acceptors (Lipinski definition) is 6. The van der Waals surface area contributed by atoms with Gasteiger partial charge in [0.05, 0.1) is 11.2 Å². The quantitative estimate of drug-likeness (QED) is 0.0338. The molecule has 0 aliphatic rings. The SMILES string of the molecule is CCCCCCCCCCCCCCCCCCC(O)(CCCCCCCCCCCCCCCCCC)[C@H](O)[C@@H](O)[C@H](O)[C@H](O)C(O)(CCCCCCCCCCCCCCCCCC)CCCCCCCCCCCCCCCCCC. The highest BCUT2D eigenvalue weighted by Crippen LogP contribution is 2.34. The Kier molecular flexibility index (Phi) is 65.5. The lowest BCUT2D eigenvalue weighted by molar-refractivity contribution is -0.204. The maximum Gasteiger partial charge on any atom is 0.111 e. The normalized spacial score (nSPS) is 13.8. The van der Waals surface area contributed by atoms with Crippen LogP contribution in [-0.2, 0) is 0 Å². The highest BCUT2D eigenvalue weighted by Gasteiger charge is 2.48. The lowest BCUT2D eigenvalue weighted by Crippen LogP contribution is -2.60. The van der Waals surface area contributed by atoms with Gasteiger partial charge in [0.25, 0.3) is 0 Å². The van der Waals surface area contributed by atoms with E-state index in [2.05, 4.69) is 27.7 Å². The first-order chi connectivity index (χ1) is 41.1. The summed E-state index contributed by atoms with van der Waals surface area (Å²) in [6.45, 7) is 9.14. The number of unbranched alkanes of at least 4 members (excludes halogenated alkanes) is 60. The van der Waals surface area contributed by atoms with E-state index in [0.29, 0.717) is 25.7 Å². The Bertz CT molecular complexity index is 1060. The van der Waals surface area contributed by atoms with Crippen molar-refractivity contribution in [2.45, 2.75) is 500 Å². The van der Waals surface area contributed by atoms with Crippen molar-refractivity contribution < 1.29 is 30.6 Å². The molecule has 0 unspecified atom stereocenters. The predicted molar refractivity (Wildman–Crippen MR) is 371 cm³/mol. The predicted octanol–water partition coefficient (Wildman–Crippen LogP) is 24.5. The molecule has 4 atom stereocenters. The zero-order valence-electron chi connectivity index (χ0n) is 58.1. The van der Waals surface area contributed by atoms with Crippen molar-refractivity contribution in [3.63, 3.8) is 0 Å². The minimum atomic E-state index is -1.77. The molecule has 0 spiro atoms. The zero-order chi connectivity index (χ0) is 61.4. The van der Waals surface area contributed by atoms with Gasteiger partial charge in [0, 0.05) is 0 Å². The Hall–Kier alpha value is -0.240. The summed E-state index contributed by atoms with van der Waals surface area (Å²) in [4.78, 5) is 0. The van der Waals surface area contributed by atoms with E-state index in [9.17, 15) is 30.6 Å². The van der Waals surface area contributed by atoms with Gasteiger partial charge in [-0.2, -0.15) is 0 Å². The van der Waals surface area contributed by atoms with Crippen LogP contribution in [0.25, 0.3) is 0 Å². The van der Waals surface area contributed by atoms with E-state index in [-0.39, 0.29) is 0 Å². The van der Waals surface area contributed by atoms with Gasteiger partial charge >= 0.3 is 0 Å². The fourth-order valence-electron chi connectivity index (χ4n) is 13.8. The molecule has 6 N–H and O–H groups in total. The molecule has 0 heterocycles. The highest BCUT2D eigenvalue weighted by atomic mass is 16.4. The summed E-state index contributed by atoms with van der Waals surface area (Å²) in [6.07, 6.45) is 75.5. The molecule has 0 aliphatic carbocycles. The molecule has 84 heavy (non-hydrogen) atoms. The number of hydrogen-bond donors (Lipinski definition) is 6. The van der Waals surface area contributed by atoms with Crippen molar-refractivity contribution in [1.82, 2.24) is 0 Å². The van der Waals surface area contributed by atoms with Gasteiger partial charge in [0.2, 0.25) is 0 Å². The van der Waals surface area contributed by atoms with Crippen molar-refractivity contribution >= 4 is 0 Å². The van der Waals surface area contributed by atoms with Gasteiger partial charge in [-0.25, -0.2) is 0 Å². The molecular weight excluding hydrogens is 1030 g/mol. The lowest BCUT2D eigenvalue weighted by atomic mass is 9.77.